The van der Waals surface area contributed by atoms with E-state index in [1.54, 1.807) is 20.8 Å². The third-order valence-corrected chi connectivity index (χ3v) is 2.49. The fourth-order valence-electron chi connectivity index (χ4n) is 1.79. The number of rotatable bonds is 1. The SMILES string of the molecule is CC(C)(C)OC(=O)n1ccc2cc(OC(F)(F)F)ccc21. The molecular weight excluding hydrogens is 287 g/mol. The molecule has 0 unspecified atom stereocenters. The van der Waals surface area contributed by atoms with Gasteiger partial charge in [0.15, 0.2) is 0 Å². The van der Waals surface area contributed by atoms with E-state index >= 15 is 0 Å². The number of fused-ring (bicyclic) bond motifs is 1. The molecular formula is C14H14F3NO3. The highest BCUT2D eigenvalue weighted by Crippen LogP contribution is 2.27. The van der Waals surface area contributed by atoms with Crippen molar-refractivity contribution in [3.8, 4) is 5.75 Å². The lowest BCUT2D eigenvalue weighted by Gasteiger charge is -2.19. The third-order valence-electron chi connectivity index (χ3n) is 2.49. The van der Waals surface area contributed by atoms with E-state index in [0.717, 1.165) is 6.07 Å². The highest BCUT2D eigenvalue weighted by Gasteiger charge is 2.31. The minimum atomic E-state index is -4.75. The number of carbonyl (C=O) groups excluding carboxylic acids is 1. The zero-order valence-electron chi connectivity index (χ0n) is 11.7. The molecule has 1 aromatic heterocycles. The van der Waals surface area contributed by atoms with Gasteiger partial charge in [-0.25, -0.2) is 4.79 Å². The molecule has 0 aliphatic heterocycles. The largest absolute Gasteiger partial charge is 0.573 e. The van der Waals surface area contributed by atoms with Crippen LogP contribution in [0.25, 0.3) is 10.9 Å². The first-order valence-corrected chi connectivity index (χ1v) is 6.15. The van der Waals surface area contributed by atoms with Gasteiger partial charge in [0, 0.05) is 11.6 Å². The lowest BCUT2D eigenvalue weighted by molar-refractivity contribution is -0.274. The summed E-state index contributed by atoms with van der Waals surface area (Å²) in [6.45, 7) is 5.18. The van der Waals surface area contributed by atoms with Gasteiger partial charge in [0.25, 0.3) is 0 Å². The number of carbonyl (C=O) groups is 1. The van der Waals surface area contributed by atoms with Gasteiger partial charge in [-0.05, 0) is 45.0 Å². The van der Waals surface area contributed by atoms with Crippen LogP contribution in [0.3, 0.4) is 0 Å². The molecule has 114 valence electrons. The number of alkyl halides is 3. The first kappa shape index (κ1) is 15.2. The molecule has 0 saturated carbocycles. The molecule has 21 heavy (non-hydrogen) atoms. The van der Waals surface area contributed by atoms with Gasteiger partial charge in [-0.2, -0.15) is 0 Å². The molecule has 2 aromatic rings. The van der Waals surface area contributed by atoms with E-state index in [1.165, 1.54) is 29.0 Å². The van der Waals surface area contributed by atoms with Crippen molar-refractivity contribution < 1.29 is 27.4 Å². The zero-order chi connectivity index (χ0) is 15.8. The van der Waals surface area contributed by atoms with Gasteiger partial charge < -0.3 is 9.47 Å². The summed E-state index contributed by atoms with van der Waals surface area (Å²) in [5.74, 6) is -0.336. The standard InChI is InChI=1S/C14H14F3NO3/c1-13(2,3)21-12(19)18-7-6-9-8-10(4-5-11(9)18)20-14(15,16)17/h4-8H,1-3H3. The van der Waals surface area contributed by atoms with Gasteiger partial charge in [-0.1, -0.05) is 0 Å². The van der Waals surface area contributed by atoms with Gasteiger partial charge in [0.1, 0.15) is 11.4 Å². The molecule has 0 fully saturated rings. The molecule has 4 nitrogen and oxygen atoms in total. The maximum Gasteiger partial charge on any atom is 0.573 e. The Labute approximate surface area is 119 Å². The van der Waals surface area contributed by atoms with Gasteiger partial charge in [-0.15, -0.1) is 13.2 Å². The van der Waals surface area contributed by atoms with Crippen LogP contribution in [0.2, 0.25) is 0 Å². The Morgan fingerprint density at radius 1 is 1.14 bits per heavy atom. The van der Waals surface area contributed by atoms with E-state index < -0.39 is 18.1 Å². The number of benzene rings is 1. The van der Waals surface area contributed by atoms with Crippen molar-refractivity contribution in [2.24, 2.45) is 0 Å². The van der Waals surface area contributed by atoms with Crippen molar-refractivity contribution in [1.29, 1.82) is 0 Å². The summed E-state index contributed by atoms with van der Waals surface area (Å²) in [6, 6.07) is 5.25. The first-order valence-electron chi connectivity index (χ1n) is 6.15. The minimum absolute atomic E-state index is 0.336. The fraction of sp³-hybridized carbons (Fsp3) is 0.357. The van der Waals surface area contributed by atoms with E-state index in [4.69, 9.17) is 4.74 Å². The summed E-state index contributed by atoms with van der Waals surface area (Å²) in [6.07, 6.45) is -3.90. The molecule has 0 N–H and O–H groups in total. The van der Waals surface area contributed by atoms with Crippen molar-refractivity contribution in [2.75, 3.05) is 0 Å². The second-order valence-corrected chi connectivity index (χ2v) is 5.43. The number of nitrogens with zero attached hydrogens (tertiary/aromatic N) is 1. The maximum absolute atomic E-state index is 12.2. The molecule has 0 bridgehead atoms. The fourth-order valence-corrected chi connectivity index (χ4v) is 1.79. The summed E-state index contributed by atoms with van der Waals surface area (Å²) in [5, 5.41) is 0.447. The molecule has 7 heteroatoms. The normalized spacial score (nSPS) is 12.5. The van der Waals surface area contributed by atoms with Crippen LogP contribution >= 0.6 is 0 Å². The lowest BCUT2D eigenvalue weighted by Crippen LogP contribution is -2.26. The zero-order valence-corrected chi connectivity index (χ0v) is 11.7. The Morgan fingerprint density at radius 3 is 2.38 bits per heavy atom. The first-order chi connectivity index (χ1) is 9.55. The van der Waals surface area contributed by atoms with Crippen LogP contribution in [0.4, 0.5) is 18.0 Å². The predicted octanol–water partition coefficient (Wildman–Crippen LogP) is 4.32. The molecule has 0 atom stereocenters. The van der Waals surface area contributed by atoms with Crippen LogP contribution in [0.1, 0.15) is 20.8 Å². The molecule has 0 spiro atoms. The summed E-state index contributed by atoms with van der Waals surface area (Å²) >= 11 is 0. The molecule has 2 rings (SSSR count). The van der Waals surface area contributed by atoms with Crippen LogP contribution in [0, 0.1) is 0 Å². The Bertz CT molecular complexity index is 668. The van der Waals surface area contributed by atoms with Gasteiger partial charge in [-0.3, -0.25) is 4.57 Å². The predicted molar refractivity (Wildman–Crippen MR) is 70.3 cm³/mol. The van der Waals surface area contributed by atoms with Crippen molar-refractivity contribution in [3.05, 3.63) is 30.5 Å². The minimum Gasteiger partial charge on any atom is -0.443 e. The van der Waals surface area contributed by atoms with E-state index in [9.17, 15) is 18.0 Å². The summed E-state index contributed by atoms with van der Waals surface area (Å²) in [5.41, 5.74) is -0.216. The molecule has 0 radical (unpaired) electrons. The summed E-state index contributed by atoms with van der Waals surface area (Å²) in [7, 11) is 0. The van der Waals surface area contributed by atoms with Crippen molar-refractivity contribution in [3.63, 3.8) is 0 Å². The quantitative estimate of drug-likeness (QED) is 0.787. The van der Waals surface area contributed by atoms with Crippen molar-refractivity contribution >= 4 is 17.0 Å². The molecule has 1 heterocycles. The molecule has 0 aliphatic rings. The van der Waals surface area contributed by atoms with E-state index in [0.29, 0.717) is 10.9 Å². The Morgan fingerprint density at radius 2 is 1.81 bits per heavy atom. The number of hydrogen-bond acceptors (Lipinski definition) is 3. The Balaban J connectivity index is 2.31. The second kappa shape index (κ2) is 4.98. The average Bonchev–Trinajstić information content (AvgIpc) is 2.67. The highest BCUT2D eigenvalue weighted by atomic mass is 19.4. The smallest absolute Gasteiger partial charge is 0.443 e. The Kier molecular flexibility index (Phi) is 3.61. The maximum atomic E-state index is 12.2. The second-order valence-electron chi connectivity index (χ2n) is 5.43. The number of aromatic nitrogens is 1. The van der Waals surface area contributed by atoms with Crippen molar-refractivity contribution in [2.45, 2.75) is 32.7 Å². The van der Waals surface area contributed by atoms with Crippen LogP contribution < -0.4 is 4.74 Å². The van der Waals surface area contributed by atoms with Crippen molar-refractivity contribution in [1.82, 2.24) is 4.57 Å². The topological polar surface area (TPSA) is 40.5 Å². The highest BCUT2D eigenvalue weighted by molar-refractivity contribution is 5.90. The molecule has 0 aliphatic carbocycles. The van der Waals surface area contributed by atoms with Gasteiger partial charge in [0.05, 0.1) is 5.52 Å². The molecule has 0 amide bonds. The number of ether oxygens (including phenoxy) is 2. The Hall–Kier alpha value is -2.18. The number of hydrogen-bond donors (Lipinski definition) is 0. The van der Waals surface area contributed by atoms with E-state index in [-0.39, 0.29) is 5.75 Å². The summed E-state index contributed by atoms with van der Waals surface area (Å²) < 4.78 is 46.8. The van der Waals surface area contributed by atoms with Crippen LogP contribution in [0.5, 0.6) is 5.75 Å². The number of halogens is 3. The van der Waals surface area contributed by atoms with Gasteiger partial charge >= 0.3 is 12.5 Å². The van der Waals surface area contributed by atoms with E-state index in [2.05, 4.69) is 4.74 Å². The summed E-state index contributed by atoms with van der Waals surface area (Å²) in [4.78, 5) is 12.0. The average molecular weight is 301 g/mol. The third kappa shape index (κ3) is 3.90. The van der Waals surface area contributed by atoms with Crippen LogP contribution in [-0.4, -0.2) is 22.6 Å². The molecule has 0 saturated heterocycles. The van der Waals surface area contributed by atoms with Crippen LogP contribution in [-0.2, 0) is 4.74 Å². The monoisotopic (exact) mass is 301 g/mol. The molecule has 1 aromatic carbocycles. The van der Waals surface area contributed by atoms with Crippen LogP contribution in [0.15, 0.2) is 30.5 Å². The van der Waals surface area contributed by atoms with Gasteiger partial charge in [0.2, 0.25) is 0 Å². The lowest BCUT2D eigenvalue weighted by atomic mass is 10.2. The van der Waals surface area contributed by atoms with E-state index in [1.807, 2.05) is 0 Å².